The van der Waals surface area contributed by atoms with Crippen LogP contribution in [0.5, 0.6) is 0 Å². The lowest BCUT2D eigenvalue weighted by Crippen LogP contribution is -2.09. The molecule has 0 amide bonds. The first-order valence-electron chi connectivity index (χ1n) is 9.32. The molecule has 0 aliphatic heterocycles. The van der Waals surface area contributed by atoms with Gasteiger partial charge in [0.1, 0.15) is 0 Å². The molecule has 2 heterocycles. The van der Waals surface area contributed by atoms with Crippen molar-refractivity contribution in [2.75, 3.05) is 0 Å². The highest BCUT2D eigenvalue weighted by Crippen LogP contribution is 2.36. The number of hydrogen-bond donors (Lipinski definition) is 0. The molecule has 0 radical (unpaired) electrons. The Labute approximate surface area is 153 Å². The third-order valence-corrected chi connectivity index (χ3v) is 5.55. The van der Waals surface area contributed by atoms with Gasteiger partial charge in [0.25, 0.3) is 0 Å². The Balaban J connectivity index is 1.83. The summed E-state index contributed by atoms with van der Waals surface area (Å²) in [7, 11) is 0. The lowest BCUT2D eigenvalue weighted by Gasteiger charge is -2.20. The lowest BCUT2D eigenvalue weighted by molar-refractivity contribution is 0.922. The fraction of sp³-hybridized carbons (Fsp3) is 0.250. The molecule has 128 valence electrons. The fourth-order valence-electron chi connectivity index (χ4n) is 4.45. The standard InChI is InChI=1S/C24H22N2/c1-13-7-15(3)21-19(9-13)11-17-5-6-18-12-20-10-14(2)8-16(4)22(20)26-24(18)23(17)25-21/h7-12H,5-6H2,1-4H3. The zero-order valence-corrected chi connectivity index (χ0v) is 15.8. The number of rotatable bonds is 0. The molecular weight excluding hydrogens is 316 g/mol. The van der Waals surface area contributed by atoms with Crippen LogP contribution in [-0.4, -0.2) is 9.97 Å². The SMILES string of the molecule is Cc1cc(C)c2nc3c(cc2c1)CCc1cc2cc(C)cc(C)c2nc1-3. The fourth-order valence-corrected chi connectivity index (χ4v) is 4.45. The van der Waals surface area contributed by atoms with Gasteiger partial charge in [-0.3, -0.25) is 0 Å². The maximum atomic E-state index is 5.09. The van der Waals surface area contributed by atoms with Crippen molar-refractivity contribution in [1.29, 1.82) is 0 Å². The Bertz CT molecular complexity index is 1120. The topological polar surface area (TPSA) is 25.8 Å². The Kier molecular flexibility index (Phi) is 3.21. The molecule has 1 aliphatic carbocycles. The molecule has 2 aromatic heterocycles. The quantitative estimate of drug-likeness (QED) is 0.406. The maximum absolute atomic E-state index is 5.09. The van der Waals surface area contributed by atoms with Gasteiger partial charge in [-0.15, -0.1) is 0 Å². The van der Waals surface area contributed by atoms with Gasteiger partial charge in [0, 0.05) is 10.8 Å². The minimum Gasteiger partial charge on any atom is -0.246 e. The van der Waals surface area contributed by atoms with Crippen molar-refractivity contribution < 1.29 is 0 Å². The number of nitrogens with zero attached hydrogens (tertiary/aromatic N) is 2. The van der Waals surface area contributed by atoms with E-state index in [0.717, 1.165) is 35.3 Å². The number of aryl methyl sites for hydroxylation is 6. The van der Waals surface area contributed by atoms with Crippen molar-refractivity contribution in [3.63, 3.8) is 0 Å². The van der Waals surface area contributed by atoms with Gasteiger partial charge in [-0.1, -0.05) is 23.3 Å². The van der Waals surface area contributed by atoms with Crippen molar-refractivity contribution >= 4 is 21.8 Å². The first-order valence-corrected chi connectivity index (χ1v) is 9.32. The second-order valence-corrected chi connectivity index (χ2v) is 7.80. The summed E-state index contributed by atoms with van der Waals surface area (Å²) in [6.45, 7) is 8.61. The van der Waals surface area contributed by atoms with E-state index in [4.69, 9.17) is 9.97 Å². The number of benzene rings is 2. The molecule has 0 fully saturated rings. The van der Waals surface area contributed by atoms with Gasteiger partial charge in [-0.25, -0.2) is 9.97 Å². The molecule has 2 aromatic carbocycles. The van der Waals surface area contributed by atoms with Gasteiger partial charge >= 0.3 is 0 Å². The van der Waals surface area contributed by atoms with E-state index < -0.39 is 0 Å². The molecule has 0 unspecified atom stereocenters. The molecule has 0 atom stereocenters. The maximum Gasteiger partial charge on any atom is 0.0929 e. The highest BCUT2D eigenvalue weighted by atomic mass is 14.8. The van der Waals surface area contributed by atoms with Crippen LogP contribution in [0.4, 0.5) is 0 Å². The molecule has 0 saturated heterocycles. The Morgan fingerprint density at radius 3 is 1.42 bits per heavy atom. The largest absolute Gasteiger partial charge is 0.246 e. The molecule has 1 aliphatic rings. The Hall–Kier alpha value is -2.74. The number of aromatic nitrogens is 2. The molecule has 26 heavy (non-hydrogen) atoms. The van der Waals surface area contributed by atoms with E-state index in [9.17, 15) is 0 Å². The highest BCUT2D eigenvalue weighted by Gasteiger charge is 2.21. The molecule has 4 aromatic rings. The van der Waals surface area contributed by atoms with Crippen LogP contribution >= 0.6 is 0 Å². The molecule has 0 N–H and O–H groups in total. The van der Waals surface area contributed by atoms with Crippen molar-refractivity contribution in [2.24, 2.45) is 0 Å². The van der Waals surface area contributed by atoms with Crippen LogP contribution in [0.2, 0.25) is 0 Å². The predicted octanol–water partition coefficient (Wildman–Crippen LogP) is 5.78. The second kappa shape index (κ2) is 5.38. The summed E-state index contributed by atoms with van der Waals surface area (Å²) in [5.41, 5.74) is 12.1. The normalized spacial score (nSPS) is 13.1. The van der Waals surface area contributed by atoms with Gasteiger partial charge in [-0.05, 0) is 87.1 Å². The van der Waals surface area contributed by atoms with E-state index in [2.05, 4.69) is 64.1 Å². The summed E-state index contributed by atoms with van der Waals surface area (Å²) >= 11 is 0. The number of pyridine rings is 2. The minimum atomic E-state index is 1.04. The van der Waals surface area contributed by atoms with Gasteiger partial charge in [0.15, 0.2) is 0 Å². The van der Waals surface area contributed by atoms with Crippen molar-refractivity contribution in [1.82, 2.24) is 9.97 Å². The zero-order chi connectivity index (χ0) is 18.0. The summed E-state index contributed by atoms with van der Waals surface area (Å²) in [4.78, 5) is 10.2. The smallest absolute Gasteiger partial charge is 0.0929 e. The molecule has 2 heteroatoms. The van der Waals surface area contributed by atoms with Crippen LogP contribution in [0.3, 0.4) is 0 Å². The lowest BCUT2D eigenvalue weighted by atomic mass is 9.89. The highest BCUT2D eigenvalue weighted by molar-refractivity contribution is 5.90. The summed E-state index contributed by atoms with van der Waals surface area (Å²) < 4.78 is 0. The third kappa shape index (κ3) is 2.25. The summed E-state index contributed by atoms with van der Waals surface area (Å²) in [5.74, 6) is 0. The van der Waals surface area contributed by atoms with Crippen LogP contribution in [0.25, 0.3) is 33.2 Å². The molecule has 5 rings (SSSR count). The van der Waals surface area contributed by atoms with Crippen molar-refractivity contribution in [3.8, 4) is 11.4 Å². The van der Waals surface area contributed by atoms with Crippen molar-refractivity contribution in [3.05, 3.63) is 69.8 Å². The summed E-state index contributed by atoms with van der Waals surface area (Å²) in [5, 5.41) is 2.49. The Morgan fingerprint density at radius 1 is 0.577 bits per heavy atom. The van der Waals surface area contributed by atoms with Gasteiger partial charge < -0.3 is 0 Å². The average molecular weight is 338 g/mol. The van der Waals surface area contributed by atoms with E-state index >= 15 is 0 Å². The molecule has 0 spiro atoms. The van der Waals surface area contributed by atoms with Gasteiger partial charge in [-0.2, -0.15) is 0 Å². The second-order valence-electron chi connectivity index (χ2n) is 7.80. The molecular formula is C24H22N2. The van der Waals surface area contributed by atoms with Crippen LogP contribution in [-0.2, 0) is 12.8 Å². The van der Waals surface area contributed by atoms with Crippen LogP contribution in [0.1, 0.15) is 33.4 Å². The predicted molar refractivity (Wildman–Crippen MR) is 109 cm³/mol. The first kappa shape index (κ1) is 15.5. The minimum absolute atomic E-state index is 1.04. The number of fused-ring (bicyclic) bond motifs is 5. The van der Waals surface area contributed by atoms with E-state index in [0.29, 0.717) is 0 Å². The van der Waals surface area contributed by atoms with Crippen molar-refractivity contribution in [2.45, 2.75) is 40.5 Å². The van der Waals surface area contributed by atoms with Crippen LogP contribution in [0, 0.1) is 27.7 Å². The van der Waals surface area contributed by atoms with E-state index in [-0.39, 0.29) is 0 Å². The first-order chi connectivity index (χ1) is 12.5. The van der Waals surface area contributed by atoms with Crippen LogP contribution < -0.4 is 0 Å². The zero-order valence-electron chi connectivity index (χ0n) is 15.8. The van der Waals surface area contributed by atoms with Gasteiger partial charge in [0.2, 0.25) is 0 Å². The van der Waals surface area contributed by atoms with Gasteiger partial charge in [0.05, 0.1) is 22.4 Å². The summed E-state index contributed by atoms with van der Waals surface area (Å²) in [6.07, 6.45) is 2.08. The average Bonchev–Trinajstić information content (AvgIpc) is 2.58. The molecule has 0 saturated carbocycles. The van der Waals surface area contributed by atoms with E-state index in [1.807, 2.05) is 0 Å². The Morgan fingerprint density at radius 2 is 1.00 bits per heavy atom. The van der Waals surface area contributed by atoms with Crippen LogP contribution in [0.15, 0.2) is 36.4 Å². The summed E-state index contributed by atoms with van der Waals surface area (Å²) in [6, 6.07) is 13.6. The molecule has 0 bridgehead atoms. The van der Waals surface area contributed by atoms with E-state index in [1.165, 1.54) is 44.2 Å². The number of hydrogen-bond acceptors (Lipinski definition) is 2. The monoisotopic (exact) mass is 338 g/mol. The van der Waals surface area contributed by atoms with E-state index in [1.54, 1.807) is 0 Å². The molecule has 2 nitrogen and oxygen atoms in total. The third-order valence-electron chi connectivity index (χ3n) is 5.55.